The fourth-order valence-corrected chi connectivity index (χ4v) is 18.3. The molecule has 12 heteroatoms. The van der Waals surface area contributed by atoms with Gasteiger partial charge < -0.3 is 18.8 Å². The Morgan fingerprint density at radius 3 is 0.959 bits per heavy atom. The molecule has 0 bridgehead atoms. The van der Waals surface area contributed by atoms with E-state index in [1.165, 1.54) is 5.56 Å². The summed E-state index contributed by atoms with van der Waals surface area (Å²) in [4.78, 5) is 59.1. The number of hydrogen-bond acceptors (Lipinski definition) is 9. The zero-order valence-electron chi connectivity index (χ0n) is 67.4. The maximum Gasteiger partial charge on any atom is 0.327 e. The summed E-state index contributed by atoms with van der Waals surface area (Å²) in [6.07, 6.45) is 0.196. The van der Waals surface area contributed by atoms with E-state index in [1.807, 2.05) is 6.92 Å². The maximum absolute atomic E-state index is 13.1. The van der Waals surface area contributed by atoms with Crippen molar-refractivity contribution in [1.82, 2.24) is 0 Å². The van der Waals surface area contributed by atoms with Gasteiger partial charge in [-0.3, -0.25) is 9.05 Å². The Kier molecular flexibility index (Phi) is 26.5. The molecule has 5 N–H and O–H groups in total. The Balaban J connectivity index is 0.000000320. The molecule has 0 spiro atoms. The molecule has 0 aliphatic heterocycles. The van der Waals surface area contributed by atoms with E-state index in [0.717, 1.165) is 107 Å². The number of benzene rings is 6. The van der Waals surface area contributed by atoms with Gasteiger partial charge in [0.15, 0.2) is 0 Å². The van der Waals surface area contributed by atoms with Crippen LogP contribution in [0.25, 0.3) is 0 Å². The zero-order valence-corrected chi connectivity index (χ0v) is 70.0. The summed E-state index contributed by atoms with van der Waals surface area (Å²) in [5, 5.41) is 0.654. The van der Waals surface area contributed by atoms with Crippen LogP contribution < -0.4 is 19.7 Å². The molecule has 97 heavy (non-hydrogen) atoms. The number of aryl methyl sites for hydroxylation is 4. The molecule has 0 saturated carbocycles. The van der Waals surface area contributed by atoms with Gasteiger partial charge in [0.2, 0.25) is 0 Å². The number of rotatable bonds is 13. The molecule has 6 aromatic carbocycles. The van der Waals surface area contributed by atoms with Crippen molar-refractivity contribution in [2.24, 2.45) is 0 Å². The van der Waals surface area contributed by atoms with E-state index in [1.54, 1.807) is 0 Å². The smallest absolute Gasteiger partial charge is 0.327 e. The first-order valence-corrected chi connectivity index (χ1v) is 39.5. The molecule has 9 nitrogen and oxygen atoms in total. The molecule has 0 heterocycles. The second-order valence-corrected chi connectivity index (χ2v) is 42.1. The monoisotopic (exact) mass is 1390 g/mol. The van der Waals surface area contributed by atoms with Crippen molar-refractivity contribution >= 4 is 35.1 Å². The van der Waals surface area contributed by atoms with Crippen LogP contribution >= 0.6 is 24.5 Å². The Bertz CT molecular complexity index is 3520. The SMILES string of the molecule is CCOP(Oc1c(C)cccc1C(C)(C)C)Oc1c(C)cccc1C(C)(C)C.CCc1c(C(C)(C)C)cc(C(C)(C)C)c(P(O)(O)(O)c2c(C(C)(C)C)cc(C(C)(C)C)cc2C(C)(C)C)c1C(C)(C)C.Cc1cccc(C(C)(C)C)c1C(OP(O)O)c1c(C)cccc1C(C)(C)C. The fourth-order valence-electron chi connectivity index (χ4n) is 13.1. The van der Waals surface area contributed by atoms with Crippen LogP contribution in [0.1, 0.15) is 322 Å². The van der Waals surface area contributed by atoms with Crippen LogP contribution in [0, 0.1) is 27.7 Å². The first-order valence-electron chi connectivity index (χ1n) is 35.2. The van der Waals surface area contributed by atoms with Crippen molar-refractivity contribution in [1.29, 1.82) is 0 Å². The Morgan fingerprint density at radius 1 is 0.371 bits per heavy atom. The second kappa shape index (κ2) is 30.1. The summed E-state index contributed by atoms with van der Waals surface area (Å²) in [7, 11) is -9.89. The molecule has 542 valence electrons. The van der Waals surface area contributed by atoms with Crippen LogP contribution in [0.15, 0.2) is 91.0 Å². The van der Waals surface area contributed by atoms with Crippen LogP contribution in [0.3, 0.4) is 0 Å². The van der Waals surface area contributed by atoms with Crippen molar-refractivity contribution < 1.29 is 42.6 Å². The predicted octanol–water partition coefficient (Wildman–Crippen LogP) is 23.1. The first-order chi connectivity index (χ1) is 43.4. The maximum atomic E-state index is 13.1. The molecule has 0 aliphatic carbocycles. The quantitative estimate of drug-likeness (QED) is 0.0716. The molecule has 0 radical (unpaired) electrons. The van der Waals surface area contributed by atoms with Gasteiger partial charge >= 0.3 is 277 Å². The normalized spacial score (nSPS) is 13.9. The van der Waals surface area contributed by atoms with Crippen LogP contribution in [0.4, 0.5) is 0 Å². The summed E-state index contributed by atoms with van der Waals surface area (Å²) >= 11 is 0. The van der Waals surface area contributed by atoms with E-state index in [2.05, 4.69) is 333 Å². The molecule has 0 saturated heterocycles. The van der Waals surface area contributed by atoms with Gasteiger partial charge in [-0.05, 0) is 101 Å². The minimum Gasteiger partial charge on any atom is -0.328 e. The Hall–Kier alpha value is -4.07. The van der Waals surface area contributed by atoms with Crippen LogP contribution in [-0.2, 0) is 69.6 Å². The van der Waals surface area contributed by atoms with Gasteiger partial charge in [0.05, 0.1) is 6.61 Å². The third-order valence-electron chi connectivity index (χ3n) is 18.1. The fraction of sp³-hybridized carbons (Fsp3) is 0.576. The van der Waals surface area contributed by atoms with Gasteiger partial charge in [-0.25, -0.2) is 0 Å². The Morgan fingerprint density at radius 2 is 0.680 bits per heavy atom. The number of hydrogen-bond donors (Lipinski definition) is 5. The van der Waals surface area contributed by atoms with Crippen molar-refractivity contribution in [3.05, 3.63) is 186 Å². The molecular formula is C85H133O9P3. The van der Waals surface area contributed by atoms with Crippen molar-refractivity contribution in [3.8, 4) is 11.5 Å². The molecule has 6 aromatic rings. The molecule has 6 rings (SSSR count). The van der Waals surface area contributed by atoms with E-state index in [4.69, 9.17) is 18.1 Å². The third kappa shape index (κ3) is 20.8. The Labute approximate surface area is 593 Å². The minimum atomic E-state index is -5.81. The third-order valence-corrected chi connectivity index (χ3v) is 22.3. The largest absolute Gasteiger partial charge is 0.328 e. The van der Waals surface area contributed by atoms with Gasteiger partial charge in [0.25, 0.3) is 0 Å². The number of para-hydroxylation sites is 2. The molecule has 0 aromatic heterocycles. The van der Waals surface area contributed by atoms with E-state index >= 15 is 0 Å². The molecular weight excluding hydrogens is 1260 g/mol. The standard InChI is InChI=1S/C38H65O3P.C24H35O3P.C23H33O3P/c1-20-25-26(34(5,6)7)23-29(37(14,15)16)32(30(25)38(17,18)19)42(39,40,41)31-27(35(8,9)10)21-24(33(2,3)4)22-28(31)36(11,12)13;1-10-25-28(26-21-17(2)13-11-15-19(21)23(4,5)6)27-22-18(3)14-12-16-20(22)24(7,8)9;1-15-11-9-13-17(22(3,4)5)19(15)21(26-27(24)25)20-16(2)12-10-14-18(20)23(6,7)8/h21-23,39-41H,20H2,1-19H3;11-16H,10H2,1-9H3;9-14,21,24-25H,1-8H3. The second-order valence-electron chi connectivity index (χ2n) is 37.5. The van der Waals surface area contributed by atoms with Gasteiger partial charge in [-0.1, -0.05) is 156 Å². The average Bonchev–Trinajstić information content (AvgIpc) is 0.686. The van der Waals surface area contributed by atoms with E-state index in [9.17, 15) is 24.5 Å². The van der Waals surface area contributed by atoms with E-state index in [-0.39, 0.29) is 32.5 Å². The summed E-state index contributed by atoms with van der Waals surface area (Å²) in [6, 6.07) is 31.4. The van der Waals surface area contributed by atoms with Crippen molar-refractivity contribution in [3.63, 3.8) is 0 Å². The molecule has 0 fully saturated rings. The molecule has 0 amide bonds. The molecule has 0 aliphatic rings. The first kappa shape index (κ1) is 85.3. The van der Waals surface area contributed by atoms with Gasteiger partial charge in [-0.2, -0.15) is 0 Å². The molecule has 0 unspecified atom stereocenters. The topological polar surface area (TPSA) is 138 Å². The zero-order chi connectivity index (χ0) is 75.2. The molecule has 0 atom stereocenters. The van der Waals surface area contributed by atoms with Gasteiger partial charge in [-0.15, -0.1) is 0 Å². The van der Waals surface area contributed by atoms with E-state index < -0.39 is 52.3 Å². The van der Waals surface area contributed by atoms with Gasteiger partial charge in [0, 0.05) is 11.1 Å². The van der Waals surface area contributed by atoms with E-state index in [0.29, 0.717) is 17.2 Å². The summed E-state index contributed by atoms with van der Waals surface area (Å²) < 4.78 is 24.5. The van der Waals surface area contributed by atoms with Crippen molar-refractivity contribution in [2.75, 3.05) is 6.61 Å². The average molecular weight is 1390 g/mol. The predicted molar refractivity (Wildman–Crippen MR) is 421 cm³/mol. The summed E-state index contributed by atoms with van der Waals surface area (Å²) in [5.74, 6) is 1.72. The summed E-state index contributed by atoms with van der Waals surface area (Å²) in [5.41, 5.74) is 15.3. The van der Waals surface area contributed by atoms with Crippen LogP contribution in [0.5, 0.6) is 11.5 Å². The van der Waals surface area contributed by atoms with Gasteiger partial charge in [0.1, 0.15) is 17.6 Å². The van der Waals surface area contributed by atoms with Crippen molar-refractivity contribution in [2.45, 2.75) is 316 Å². The summed E-state index contributed by atoms with van der Waals surface area (Å²) in [6.45, 7) is 77.7. The van der Waals surface area contributed by atoms with Crippen LogP contribution in [-0.4, -0.2) is 31.1 Å². The van der Waals surface area contributed by atoms with Crippen LogP contribution in [0.2, 0.25) is 0 Å². The minimum absolute atomic E-state index is 0.0339.